The SMILES string of the molecule is CC(C1OB(O)c2ccccc21)[N+](=O)[O-]. The maximum atomic E-state index is 10.6. The molecule has 0 saturated heterocycles. The normalized spacial score (nSPS) is 21.2. The van der Waals surface area contributed by atoms with Gasteiger partial charge in [0.25, 0.3) is 0 Å². The van der Waals surface area contributed by atoms with Crippen molar-refractivity contribution in [2.24, 2.45) is 0 Å². The van der Waals surface area contributed by atoms with Crippen LogP contribution in [0.15, 0.2) is 24.3 Å². The fourth-order valence-electron chi connectivity index (χ4n) is 1.76. The van der Waals surface area contributed by atoms with E-state index in [9.17, 15) is 15.1 Å². The molecule has 2 rings (SSSR count). The molecule has 0 bridgehead atoms. The molecule has 1 aromatic rings. The van der Waals surface area contributed by atoms with Gasteiger partial charge in [-0.05, 0) is 11.0 Å². The van der Waals surface area contributed by atoms with Crippen molar-refractivity contribution >= 4 is 12.6 Å². The summed E-state index contributed by atoms with van der Waals surface area (Å²) in [5, 5.41) is 20.2. The summed E-state index contributed by atoms with van der Waals surface area (Å²) in [7, 11) is -1.05. The van der Waals surface area contributed by atoms with Gasteiger partial charge in [-0.1, -0.05) is 24.3 Å². The van der Waals surface area contributed by atoms with Gasteiger partial charge < -0.3 is 9.68 Å². The van der Waals surface area contributed by atoms with Gasteiger partial charge in [0.2, 0.25) is 6.04 Å². The largest absolute Gasteiger partial charge is 0.492 e. The summed E-state index contributed by atoms with van der Waals surface area (Å²) in [5.74, 6) is 0. The predicted molar refractivity (Wildman–Crippen MR) is 54.3 cm³/mol. The van der Waals surface area contributed by atoms with E-state index in [4.69, 9.17) is 4.65 Å². The summed E-state index contributed by atoms with van der Waals surface area (Å²) in [6, 6.07) is 6.15. The molecule has 6 heteroatoms. The van der Waals surface area contributed by atoms with Gasteiger partial charge in [-0.3, -0.25) is 10.1 Å². The zero-order valence-corrected chi connectivity index (χ0v) is 8.16. The van der Waals surface area contributed by atoms with E-state index >= 15 is 0 Å². The smallest absolute Gasteiger partial charge is 0.423 e. The minimum absolute atomic E-state index is 0.403. The second kappa shape index (κ2) is 3.64. The highest BCUT2D eigenvalue weighted by Crippen LogP contribution is 2.27. The molecule has 1 aliphatic heterocycles. The first-order valence-corrected chi connectivity index (χ1v) is 4.67. The lowest BCUT2D eigenvalue weighted by Gasteiger charge is -2.13. The molecule has 0 aliphatic carbocycles. The third-order valence-electron chi connectivity index (χ3n) is 2.61. The summed E-state index contributed by atoms with van der Waals surface area (Å²) < 4.78 is 5.17. The molecule has 1 aromatic carbocycles. The average Bonchev–Trinajstić information content (AvgIpc) is 2.56. The second-order valence-corrected chi connectivity index (χ2v) is 3.56. The number of nitro groups is 1. The molecule has 0 saturated carbocycles. The van der Waals surface area contributed by atoms with Crippen molar-refractivity contribution in [1.82, 2.24) is 0 Å². The Hall–Kier alpha value is -1.40. The highest BCUT2D eigenvalue weighted by molar-refractivity contribution is 6.61. The van der Waals surface area contributed by atoms with E-state index < -0.39 is 24.2 Å². The molecule has 2 unspecified atom stereocenters. The molecule has 0 fully saturated rings. The van der Waals surface area contributed by atoms with E-state index in [0.29, 0.717) is 11.0 Å². The maximum Gasteiger partial charge on any atom is 0.492 e. The number of fused-ring (bicyclic) bond motifs is 1. The lowest BCUT2D eigenvalue weighted by molar-refractivity contribution is -0.529. The van der Waals surface area contributed by atoms with E-state index in [1.807, 2.05) is 0 Å². The Morgan fingerprint density at radius 3 is 2.93 bits per heavy atom. The zero-order valence-electron chi connectivity index (χ0n) is 8.16. The molecule has 5 nitrogen and oxygen atoms in total. The molecule has 0 spiro atoms. The van der Waals surface area contributed by atoms with Crippen molar-refractivity contribution in [1.29, 1.82) is 0 Å². The second-order valence-electron chi connectivity index (χ2n) is 3.56. The van der Waals surface area contributed by atoms with Gasteiger partial charge in [-0.2, -0.15) is 0 Å². The molecule has 0 aromatic heterocycles. The van der Waals surface area contributed by atoms with Gasteiger partial charge in [-0.25, -0.2) is 0 Å². The summed E-state index contributed by atoms with van der Waals surface area (Å²) in [6.07, 6.45) is -0.661. The van der Waals surface area contributed by atoms with Crippen LogP contribution in [0.25, 0.3) is 0 Å². The van der Waals surface area contributed by atoms with E-state index in [0.717, 1.165) is 0 Å². The first-order chi connectivity index (χ1) is 7.11. The van der Waals surface area contributed by atoms with Crippen molar-refractivity contribution in [2.75, 3.05) is 0 Å². The van der Waals surface area contributed by atoms with Gasteiger partial charge in [0, 0.05) is 11.8 Å². The van der Waals surface area contributed by atoms with Gasteiger partial charge in [-0.15, -0.1) is 0 Å². The summed E-state index contributed by atoms with van der Waals surface area (Å²) in [4.78, 5) is 10.2. The third-order valence-corrected chi connectivity index (χ3v) is 2.61. The summed E-state index contributed by atoms with van der Waals surface area (Å²) in [5.41, 5.74) is 1.32. The first-order valence-electron chi connectivity index (χ1n) is 4.67. The van der Waals surface area contributed by atoms with Gasteiger partial charge in [0.15, 0.2) is 0 Å². The molecule has 1 aliphatic rings. The molecule has 15 heavy (non-hydrogen) atoms. The van der Waals surface area contributed by atoms with Crippen molar-refractivity contribution < 1.29 is 14.6 Å². The van der Waals surface area contributed by atoms with E-state index in [-0.39, 0.29) is 0 Å². The van der Waals surface area contributed by atoms with E-state index in [1.54, 1.807) is 24.3 Å². The van der Waals surface area contributed by atoms with Crippen LogP contribution in [-0.4, -0.2) is 23.1 Å². The highest BCUT2D eigenvalue weighted by Gasteiger charge is 2.41. The molecule has 1 heterocycles. The molecule has 78 valence electrons. The molecule has 0 radical (unpaired) electrons. The molecule has 2 atom stereocenters. The number of benzene rings is 1. The van der Waals surface area contributed by atoms with Crippen LogP contribution in [0.1, 0.15) is 18.6 Å². The molecular weight excluding hydrogens is 197 g/mol. The number of hydrogen-bond acceptors (Lipinski definition) is 4. The van der Waals surface area contributed by atoms with Gasteiger partial charge in [0.05, 0.1) is 0 Å². The van der Waals surface area contributed by atoms with Gasteiger partial charge >= 0.3 is 7.12 Å². The first kappa shape index (κ1) is 10.1. The molecular formula is C9H10BNO4. The van der Waals surface area contributed by atoms with Crippen LogP contribution in [0, 0.1) is 10.1 Å². The van der Waals surface area contributed by atoms with Crippen LogP contribution in [0.2, 0.25) is 0 Å². The average molecular weight is 207 g/mol. The maximum absolute atomic E-state index is 10.6. The van der Waals surface area contributed by atoms with Gasteiger partial charge in [0.1, 0.15) is 6.10 Å². The minimum Gasteiger partial charge on any atom is -0.423 e. The number of hydrogen-bond donors (Lipinski definition) is 1. The van der Waals surface area contributed by atoms with Crippen LogP contribution >= 0.6 is 0 Å². The summed E-state index contributed by atoms with van der Waals surface area (Å²) >= 11 is 0. The Kier molecular flexibility index (Phi) is 2.46. The lowest BCUT2D eigenvalue weighted by Crippen LogP contribution is -2.28. The van der Waals surface area contributed by atoms with Crippen LogP contribution < -0.4 is 5.46 Å². The fraction of sp³-hybridized carbons (Fsp3) is 0.333. The quantitative estimate of drug-likeness (QED) is 0.424. The fourth-order valence-corrected chi connectivity index (χ4v) is 1.76. The molecule has 0 amide bonds. The number of nitrogens with zero attached hydrogens (tertiary/aromatic N) is 1. The Bertz CT molecular complexity index is 397. The van der Waals surface area contributed by atoms with E-state index in [1.165, 1.54) is 6.92 Å². The minimum atomic E-state index is -1.05. The van der Waals surface area contributed by atoms with Crippen molar-refractivity contribution in [3.05, 3.63) is 39.9 Å². The van der Waals surface area contributed by atoms with Crippen molar-refractivity contribution in [3.8, 4) is 0 Å². The predicted octanol–water partition coefficient (Wildman–Crippen LogP) is 0.111. The Balaban J connectivity index is 2.36. The molecule has 1 N–H and O–H groups in total. The van der Waals surface area contributed by atoms with Crippen LogP contribution in [0.3, 0.4) is 0 Å². The Morgan fingerprint density at radius 2 is 2.27 bits per heavy atom. The van der Waals surface area contributed by atoms with Crippen LogP contribution in [-0.2, 0) is 4.65 Å². The monoisotopic (exact) mass is 207 g/mol. The standard InChI is InChI=1S/C9H10BNO4/c1-6(11(13)14)9-7-4-2-3-5-8(7)10(12)15-9/h2-6,9,12H,1H3. The highest BCUT2D eigenvalue weighted by atomic mass is 16.6. The van der Waals surface area contributed by atoms with Crippen LogP contribution in [0.5, 0.6) is 0 Å². The van der Waals surface area contributed by atoms with Crippen LogP contribution in [0.4, 0.5) is 0 Å². The summed E-state index contributed by atoms with van der Waals surface area (Å²) in [6.45, 7) is 1.47. The zero-order chi connectivity index (χ0) is 11.0. The third kappa shape index (κ3) is 1.62. The van der Waals surface area contributed by atoms with Crippen molar-refractivity contribution in [3.63, 3.8) is 0 Å². The van der Waals surface area contributed by atoms with Crippen molar-refractivity contribution in [2.45, 2.75) is 19.1 Å². The Morgan fingerprint density at radius 1 is 1.60 bits per heavy atom. The number of rotatable bonds is 2. The van der Waals surface area contributed by atoms with E-state index in [2.05, 4.69) is 0 Å². The topological polar surface area (TPSA) is 72.6 Å². The lowest BCUT2D eigenvalue weighted by atomic mass is 9.79. The Labute approximate surface area is 87.0 Å².